The van der Waals surface area contributed by atoms with Gasteiger partial charge in [0.1, 0.15) is 0 Å². The Morgan fingerprint density at radius 1 is 0.952 bits per heavy atom. The van der Waals surface area contributed by atoms with Gasteiger partial charge in [0, 0.05) is 11.6 Å². The maximum absolute atomic E-state index is 10.4. The van der Waals surface area contributed by atoms with E-state index in [-0.39, 0.29) is 0 Å². The van der Waals surface area contributed by atoms with Gasteiger partial charge in [0.2, 0.25) is 0 Å². The van der Waals surface area contributed by atoms with E-state index < -0.39 is 10.8 Å². The van der Waals surface area contributed by atoms with Gasteiger partial charge in [-0.1, -0.05) is 46.7 Å². The van der Waals surface area contributed by atoms with Crippen molar-refractivity contribution >= 4 is 27.4 Å². The van der Waals surface area contributed by atoms with Gasteiger partial charge in [0.25, 0.3) is 0 Å². The molecule has 3 rings (SSSR count). The van der Waals surface area contributed by atoms with E-state index in [2.05, 4.69) is 9.71 Å². The van der Waals surface area contributed by atoms with Crippen molar-refractivity contribution in [3.05, 3.63) is 66.4 Å². The van der Waals surface area contributed by atoms with Crippen LogP contribution in [0.25, 0.3) is 10.9 Å². The molecule has 0 saturated carbocycles. The average Bonchev–Trinajstić information content (AvgIpc) is 2.48. The molecule has 0 fully saturated rings. The number of hydrogen-bond acceptors (Lipinski definition) is 4. The molecule has 0 aliphatic rings. The second-order valence-electron chi connectivity index (χ2n) is 4.84. The summed E-state index contributed by atoms with van der Waals surface area (Å²) in [5.41, 5.74) is 2.39. The summed E-state index contributed by atoms with van der Waals surface area (Å²) in [7, 11) is -3.11. The van der Waals surface area contributed by atoms with E-state index in [1.165, 1.54) is 0 Å². The summed E-state index contributed by atoms with van der Waals surface area (Å²) in [4.78, 5) is 4.76. The normalized spacial score (nSPS) is 12.3. The zero-order valence-electron chi connectivity index (χ0n) is 11.5. The molecule has 0 amide bonds. The van der Waals surface area contributed by atoms with Gasteiger partial charge < -0.3 is 0 Å². The molecule has 0 spiro atoms. The molecular formula is C16H16N2O2S. The van der Waals surface area contributed by atoms with Crippen molar-refractivity contribution in [3.63, 3.8) is 0 Å². The maximum atomic E-state index is 10.4. The molecule has 3 aromatic rings. The first-order valence-corrected chi connectivity index (χ1v) is 8.07. The molecule has 4 nitrogen and oxygen atoms in total. The van der Waals surface area contributed by atoms with Crippen LogP contribution in [0.15, 0.2) is 65.7 Å². The van der Waals surface area contributed by atoms with Crippen LogP contribution in [0, 0.1) is 6.92 Å². The summed E-state index contributed by atoms with van der Waals surface area (Å²) < 4.78 is 23.6. The Labute approximate surface area is 125 Å². The number of para-hydroxylation sites is 1. The number of benzene rings is 2. The Morgan fingerprint density at radius 2 is 1.67 bits per heavy atom. The molecule has 108 valence electrons. The fraction of sp³-hybridized carbons (Fsp3) is 0.0625. The molecular weight excluding hydrogens is 284 g/mol. The lowest BCUT2D eigenvalue weighted by atomic mass is 10.2. The summed E-state index contributed by atoms with van der Waals surface area (Å²) >= 11 is 0. The van der Waals surface area contributed by atoms with Crippen molar-refractivity contribution in [2.24, 2.45) is 0 Å². The molecule has 0 atom stereocenters. The predicted octanol–water partition coefficient (Wildman–Crippen LogP) is 4.68. The summed E-state index contributed by atoms with van der Waals surface area (Å²) in [5.74, 6) is 0. The van der Waals surface area contributed by atoms with Crippen LogP contribution >= 0.6 is 10.8 Å². The monoisotopic (exact) mass is 300 g/mol. The summed E-state index contributed by atoms with van der Waals surface area (Å²) in [6.07, 6.45) is 1.69. The number of fused-ring (bicyclic) bond motifs is 1. The minimum atomic E-state index is -3.11. The molecule has 0 aliphatic carbocycles. The molecule has 3 N–H and O–H groups in total. The van der Waals surface area contributed by atoms with E-state index in [1.807, 2.05) is 43.3 Å². The van der Waals surface area contributed by atoms with Crippen LogP contribution in [0.3, 0.4) is 0 Å². The van der Waals surface area contributed by atoms with Crippen LogP contribution < -0.4 is 4.72 Å². The highest BCUT2D eigenvalue weighted by atomic mass is 32.3. The second-order valence-corrected chi connectivity index (χ2v) is 6.62. The van der Waals surface area contributed by atoms with Crippen molar-refractivity contribution < 1.29 is 9.11 Å². The molecule has 0 unspecified atom stereocenters. The first-order chi connectivity index (χ1) is 10.1. The Kier molecular flexibility index (Phi) is 3.55. The van der Waals surface area contributed by atoms with Gasteiger partial charge in [-0.25, -0.2) is 0 Å². The molecule has 2 aromatic carbocycles. The average molecular weight is 300 g/mol. The number of aryl methyl sites for hydroxylation is 1. The highest BCUT2D eigenvalue weighted by molar-refractivity contribution is 8.25. The number of aromatic nitrogens is 1. The van der Waals surface area contributed by atoms with Crippen LogP contribution in [0.2, 0.25) is 0 Å². The third-order valence-electron chi connectivity index (χ3n) is 3.23. The Balaban J connectivity index is 1.99. The molecule has 0 bridgehead atoms. The molecule has 0 aliphatic heterocycles. The molecule has 0 radical (unpaired) electrons. The van der Waals surface area contributed by atoms with Crippen molar-refractivity contribution in [1.82, 2.24) is 4.98 Å². The Morgan fingerprint density at radius 3 is 2.43 bits per heavy atom. The van der Waals surface area contributed by atoms with Gasteiger partial charge in [-0.05, 0) is 31.2 Å². The van der Waals surface area contributed by atoms with Crippen molar-refractivity contribution in [2.45, 2.75) is 11.8 Å². The zero-order chi connectivity index (χ0) is 14.9. The van der Waals surface area contributed by atoms with Crippen LogP contribution in [-0.4, -0.2) is 14.1 Å². The van der Waals surface area contributed by atoms with E-state index in [9.17, 15) is 9.11 Å². The predicted molar refractivity (Wildman–Crippen MR) is 87.7 cm³/mol. The highest BCUT2D eigenvalue weighted by Gasteiger charge is 2.16. The Bertz CT molecular complexity index is 767. The summed E-state index contributed by atoms with van der Waals surface area (Å²) in [6, 6.07) is 16.5. The number of rotatable bonds is 3. The van der Waals surface area contributed by atoms with Gasteiger partial charge in [0.15, 0.2) is 0 Å². The van der Waals surface area contributed by atoms with E-state index in [0.29, 0.717) is 16.1 Å². The topological polar surface area (TPSA) is 65.4 Å². The van der Waals surface area contributed by atoms with E-state index >= 15 is 0 Å². The number of anilines is 1. The lowest BCUT2D eigenvalue weighted by molar-refractivity contribution is 0.494. The van der Waals surface area contributed by atoms with Gasteiger partial charge in [-0.3, -0.25) is 18.8 Å². The van der Waals surface area contributed by atoms with Crippen LogP contribution in [0.4, 0.5) is 5.69 Å². The Hall–Kier alpha value is -2.08. The lowest BCUT2D eigenvalue weighted by Crippen LogP contribution is -2.10. The maximum Gasteiger partial charge on any atom is 0.0949 e. The lowest BCUT2D eigenvalue weighted by Gasteiger charge is -2.34. The number of hydrogen-bond donors (Lipinski definition) is 3. The van der Waals surface area contributed by atoms with Crippen LogP contribution in [0.1, 0.15) is 5.56 Å². The zero-order valence-corrected chi connectivity index (χ0v) is 12.3. The van der Waals surface area contributed by atoms with E-state index in [4.69, 9.17) is 0 Å². The summed E-state index contributed by atoms with van der Waals surface area (Å²) in [6.45, 7) is 1.96. The molecule has 1 heterocycles. The van der Waals surface area contributed by atoms with Crippen LogP contribution in [0.5, 0.6) is 0 Å². The summed E-state index contributed by atoms with van der Waals surface area (Å²) in [5, 5.41) is 0.946. The SMILES string of the molecule is Cc1ccc(S(O)(O)Nc2cccc3cccnc23)cc1. The minimum absolute atomic E-state index is 0.459. The molecule has 1 aromatic heterocycles. The van der Waals surface area contributed by atoms with Crippen molar-refractivity contribution in [1.29, 1.82) is 0 Å². The van der Waals surface area contributed by atoms with Gasteiger partial charge in [-0.2, -0.15) is 0 Å². The quantitative estimate of drug-likeness (QED) is 0.657. The van der Waals surface area contributed by atoms with Crippen molar-refractivity contribution in [3.8, 4) is 0 Å². The van der Waals surface area contributed by atoms with Crippen LogP contribution in [-0.2, 0) is 0 Å². The number of nitrogens with one attached hydrogen (secondary N) is 1. The third-order valence-corrected chi connectivity index (χ3v) is 4.67. The first kappa shape index (κ1) is 13.9. The number of pyridine rings is 1. The highest BCUT2D eigenvalue weighted by Crippen LogP contribution is 2.48. The third kappa shape index (κ3) is 2.85. The van der Waals surface area contributed by atoms with Crippen molar-refractivity contribution in [2.75, 3.05) is 4.72 Å². The molecule has 21 heavy (non-hydrogen) atoms. The molecule has 0 saturated heterocycles. The van der Waals surface area contributed by atoms with E-state index in [1.54, 1.807) is 24.4 Å². The van der Waals surface area contributed by atoms with Gasteiger partial charge in [-0.15, -0.1) is 0 Å². The standard InChI is InChI=1S/C16H16N2O2S/c1-12-7-9-14(10-8-12)21(19,20)18-15-6-2-4-13-5-3-11-17-16(13)15/h2-11,18-20H,1H3. The fourth-order valence-corrected chi connectivity index (χ4v) is 3.23. The second kappa shape index (κ2) is 5.37. The molecule has 5 heteroatoms. The van der Waals surface area contributed by atoms with Gasteiger partial charge >= 0.3 is 0 Å². The van der Waals surface area contributed by atoms with Gasteiger partial charge in [0.05, 0.1) is 16.1 Å². The first-order valence-electron chi connectivity index (χ1n) is 6.53. The fourth-order valence-electron chi connectivity index (χ4n) is 2.13. The largest absolute Gasteiger partial charge is 0.278 e. The van der Waals surface area contributed by atoms with E-state index in [0.717, 1.165) is 10.9 Å². The smallest absolute Gasteiger partial charge is 0.0949 e. The minimum Gasteiger partial charge on any atom is -0.278 e. The number of nitrogens with zero attached hydrogens (tertiary/aromatic N) is 1.